The molecule has 0 atom stereocenters. The lowest BCUT2D eigenvalue weighted by molar-refractivity contribution is 0.0695. The van der Waals surface area contributed by atoms with Gasteiger partial charge in [0.15, 0.2) is 0 Å². The van der Waals surface area contributed by atoms with Gasteiger partial charge >= 0.3 is 5.97 Å². The average molecular weight is 323 g/mol. The Morgan fingerprint density at radius 2 is 1.88 bits per heavy atom. The third-order valence-electron chi connectivity index (χ3n) is 4.95. The van der Waals surface area contributed by atoms with Gasteiger partial charge in [-0.25, -0.2) is 9.18 Å². The highest BCUT2D eigenvalue weighted by atomic mass is 19.1. The summed E-state index contributed by atoms with van der Waals surface area (Å²) in [7, 11) is 0. The first kappa shape index (κ1) is 14.9. The highest BCUT2D eigenvalue weighted by Gasteiger charge is 2.22. The van der Waals surface area contributed by atoms with Crippen LogP contribution in [0.1, 0.15) is 40.0 Å². The minimum Gasteiger partial charge on any atom is -0.478 e. The first-order valence-electron chi connectivity index (χ1n) is 8.26. The van der Waals surface area contributed by atoms with Gasteiger partial charge in [-0.1, -0.05) is 24.3 Å². The van der Waals surface area contributed by atoms with Crippen molar-refractivity contribution in [2.75, 3.05) is 0 Å². The van der Waals surface area contributed by atoms with Crippen LogP contribution in [0.25, 0.3) is 10.9 Å². The molecule has 0 fully saturated rings. The van der Waals surface area contributed by atoms with Crippen LogP contribution in [-0.4, -0.2) is 15.6 Å². The lowest BCUT2D eigenvalue weighted by Crippen LogP contribution is -2.13. The van der Waals surface area contributed by atoms with E-state index < -0.39 is 11.8 Å². The Hall–Kier alpha value is -2.62. The molecule has 1 aliphatic carbocycles. The number of nitrogens with zero attached hydrogens (tertiary/aromatic N) is 1. The van der Waals surface area contributed by atoms with Crippen molar-refractivity contribution in [3.63, 3.8) is 0 Å². The fourth-order valence-electron chi connectivity index (χ4n) is 3.85. The molecule has 3 aromatic rings. The van der Waals surface area contributed by atoms with E-state index in [1.54, 1.807) is 0 Å². The van der Waals surface area contributed by atoms with E-state index in [9.17, 15) is 14.3 Å². The van der Waals surface area contributed by atoms with E-state index in [1.165, 1.54) is 41.3 Å². The zero-order chi connectivity index (χ0) is 16.7. The number of carbonyl (C=O) groups is 1. The number of benzene rings is 2. The van der Waals surface area contributed by atoms with E-state index >= 15 is 0 Å². The monoisotopic (exact) mass is 323 g/mol. The number of para-hydroxylation sites is 1. The molecule has 0 bridgehead atoms. The van der Waals surface area contributed by atoms with E-state index in [0.717, 1.165) is 24.8 Å². The molecule has 4 rings (SSSR count). The minimum absolute atomic E-state index is 0.0392. The van der Waals surface area contributed by atoms with Gasteiger partial charge in [0.1, 0.15) is 5.82 Å². The number of aromatic carboxylic acids is 1. The second kappa shape index (κ2) is 5.78. The van der Waals surface area contributed by atoms with Gasteiger partial charge in [-0.15, -0.1) is 0 Å². The number of rotatable bonds is 3. The SMILES string of the molecule is O=C(O)c1cccc(F)c1Cn1c2c(c3ccccc31)CCCC2. The van der Waals surface area contributed by atoms with Crippen LogP contribution in [-0.2, 0) is 19.4 Å². The molecule has 0 radical (unpaired) electrons. The Balaban J connectivity index is 1.92. The van der Waals surface area contributed by atoms with Gasteiger partial charge in [-0.05, 0) is 49.4 Å². The smallest absolute Gasteiger partial charge is 0.336 e. The molecule has 4 heteroatoms. The van der Waals surface area contributed by atoms with Crippen LogP contribution >= 0.6 is 0 Å². The van der Waals surface area contributed by atoms with Gasteiger partial charge in [-0.3, -0.25) is 0 Å². The fraction of sp³-hybridized carbons (Fsp3) is 0.250. The van der Waals surface area contributed by atoms with Crippen LogP contribution in [0, 0.1) is 5.82 Å². The van der Waals surface area contributed by atoms with Crippen LogP contribution in [0.3, 0.4) is 0 Å². The molecule has 122 valence electrons. The normalized spacial score (nSPS) is 13.9. The molecular weight excluding hydrogens is 305 g/mol. The Bertz CT molecular complexity index is 942. The van der Waals surface area contributed by atoms with Crippen molar-refractivity contribution < 1.29 is 14.3 Å². The van der Waals surface area contributed by atoms with Crippen molar-refractivity contribution in [1.29, 1.82) is 0 Å². The van der Waals surface area contributed by atoms with Crippen molar-refractivity contribution in [1.82, 2.24) is 4.57 Å². The molecule has 24 heavy (non-hydrogen) atoms. The number of aryl methyl sites for hydroxylation is 1. The number of fused-ring (bicyclic) bond motifs is 3. The summed E-state index contributed by atoms with van der Waals surface area (Å²) < 4.78 is 16.5. The van der Waals surface area contributed by atoms with E-state index in [1.807, 2.05) is 18.2 Å². The number of hydrogen-bond donors (Lipinski definition) is 1. The standard InChI is InChI=1S/C20H18FNO2/c21-17-9-5-8-15(20(23)24)16(17)12-22-18-10-3-1-6-13(18)14-7-2-4-11-19(14)22/h1,3,5-6,8-10H,2,4,7,11-12H2,(H,23,24). The average Bonchev–Trinajstić information content (AvgIpc) is 2.91. The fourth-order valence-corrected chi connectivity index (χ4v) is 3.85. The summed E-state index contributed by atoms with van der Waals surface area (Å²) in [5.74, 6) is -1.55. The molecule has 0 spiro atoms. The molecule has 1 N–H and O–H groups in total. The van der Waals surface area contributed by atoms with Gasteiger partial charge in [-0.2, -0.15) is 0 Å². The molecule has 0 amide bonds. The maximum absolute atomic E-state index is 14.4. The van der Waals surface area contributed by atoms with Crippen LogP contribution < -0.4 is 0 Å². The summed E-state index contributed by atoms with van der Waals surface area (Å²) in [6.45, 7) is 0.254. The summed E-state index contributed by atoms with van der Waals surface area (Å²) in [5.41, 5.74) is 3.91. The second-order valence-electron chi connectivity index (χ2n) is 6.31. The first-order valence-corrected chi connectivity index (χ1v) is 8.26. The topological polar surface area (TPSA) is 42.2 Å². The number of aromatic nitrogens is 1. The van der Waals surface area contributed by atoms with E-state index in [-0.39, 0.29) is 17.7 Å². The summed E-state index contributed by atoms with van der Waals surface area (Å²) in [6, 6.07) is 12.4. The number of halogens is 1. The third kappa shape index (κ3) is 2.30. The predicted molar refractivity (Wildman–Crippen MR) is 91.0 cm³/mol. The Kier molecular flexibility index (Phi) is 3.60. The Morgan fingerprint density at radius 1 is 1.08 bits per heavy atom. The number of carboxylic acid groups (broad SMARTS) is 1. The van der Waals surface area contributed by atoms with Crippen molar-refractivity contribution in [3.05, 3.63) is 70.7 Å². The molecule has 0 saturated heterocycles. The maximum atomic E-state index is 14.4. The van der Waals surface area contributed by atoms with E-state index in [4.69, 9.17) is 0 Å². The first-order chi connectivity index (χ1) is 11.7. The van der Waals surface area contributed by atoms with Crippen LogP contribution in [0.5, 0.6) is 0 Å². The second-order valence-corrected chi connectivity index (χ2v) is 6.31. The van der Waals surface area contributed by atoms with Gasteiger partial charge < -0.3 is 9.67 Å². The van der Waals surface area contributed by atoms with Crippen molar-refractivity contribution in [3.8, 4) is 0 Å². The van der Waals surface area contributed by atoms with Crippen molar-refractivity contribution in [2.45, 2.75) is 32.2 Å². The molecule has 3 nitrogen and oxygen atoms in total. The largest absolute Gasteiger partial charge is 0.478 e. The molecule has 1 aliphatic rings. The van der Waals surface area contributed by atoms with Gasteiger partial charge in [0, 0.05) is 22.2 Å². The van der Waals surface area contributed by atoms with Crippen LogP contribution in [0.2, 0.25) is 0 Å². The Morgan fingerprint density at radius 3 is 2.71 bits per heavy atom. The third-order valence-corrected chi connectivity index (χ3v) is 4.95. The number of carboxylic acids is 1. The summed E-state index contributed by atoms with van der Waals surface area (Å²) in [4.78, 5) is 11.5. The maximum Gasteiger partial charge on any atom is 0.336 e. The van der Waals surface area contributed by atoms with Gasteiger partial charge in [0.05, 0.1) is 12.1 Å². The van der Waals surface area contributed by atoms with Crippen molar-refractivity contribution >= 4 is 16.9 Å². The lowest BCUT2D eigenvalue weighted by atomic mass is 9.95. The van der Waals surface area contributed by atoms with E-state index in [0.29, 0.717) is 0 Å². The minimum atomic E-state index is -1.09. The highest BCUT2D eigenvalue weighted by Crippen LogP contribution is 2.33. The molecule has 1 heterocycles. The van der Waals surface area contributed by atoms with Crippen LogP contribution in [0.15, 0.2) is 42.5 Å². The zero-order valence-electron chi connectivity index (χ0n) is 13.3. The quantitative estimate of drug-likeness (QED) is 0.776. The highest BCUT2D eigenvalue weighted by molar-refractivity contribution is 5.90. The zero-order valence-corrected chi connectivity index (χ0v) is 13.3. The predicted octanol–water partition coefficient (Wildman–Crippen LogP) is 4.41. The summed E-state index contributed by atoms with van der Waals surface area (Å²) in [5, 5.41) is 10.6. The Labute approximate surface area is 139 Å². The molecule has 0 saturated carbocycles. The van der Waals surface area contributed by atoms with E-state index in [2.05, 4.69) is 10.6 Å². The lowest BCUT2D eigenvalue weighted by Gasteiger charge is -2.17. The van der Waals surface area contributed by atoms with Gasteiger partial charge in [0.25, 0.3) is 0 Å². The van der Waals surface area contributed by atoms with Crippen molar-refractivity contribution in [2.24, 2.45) is 0 Å². The van der Waals surface area contributed by atoms with Gasteiger partial charge in [0.2, 0.25) is 0 Å². The molecule has 2 aromatic carbocycles. The molecule has 0 aliphatic heterocycles. The number of hydrogen-bond acceptors (Lipinski definition) is 1. The molecular formula is C20H18FNO2. The molecule has 1 aromatic heterocycles. The molecule has 0 unspecified atom stereocenters. The van der Waals surface area contributed by atoms with Crippen LogP contribution in [0.4, 0.5) is 4.39 Å². The summed E-state index contributed by atoms with van der Waals surface area (Å²) >= 11 is 0. The summed E-state index contributed by atoms with van der Waals surface area (Å²) in [6.07, 6.45) is 4.28.